The lowest BCUT2D eigenvalue weighted by Gasteiger charge is -2.60. The molecule has 0 aliphatic heterocycles. The predicted octanol–water partition coefficient (Wildman–Crippen LogP) is 5.59. The Balaban J connectivity index is 1.34. The van der Waals surface area contributed by atoms with E-state index >= 15 is 0 Å². The number of aliphatic hydroxyl groups is 2. The zero-order valence-electron chi connectivity index (χ0n) is 25.9. The maximum atomic E-state index is 14.1. The first-order chi connectivity index (χ1) is 22.1. The lowest BCUT2D eigenvalue weighted by Crippen LogP contribution is -2.62. The van der Waals surface area contributed by atoms with E-state index in [4.69, 9.17) is 20.6 Å². The molecule has 4 aliphatic carbocycles. The van der Waals surface area contributed by atoms with E-state index in [-0.39, 0.29) is 46.1 Å². The predicted molar refractivity (Wildman–Crippen MR) is 177 cm³/mol. The molecule has 11 heteroatoms. The normalized spacial score (nSPS) is 34.9. The highest BCUT2D eigenvalue weighted by Crippen LogP contribution is 2.69. The molecule has 0 unspecified atom stereocenters. The smallest absolute Gasteiger partial charge is 0.368 e. The Morgan fingerprint density at radius 1 is 1.26 bits per heavy atom. The van der Waals surface area contributed by atoms with Gasteiger partial charge in [-0.3, -0.25) is 4.79 Å². The summed E-state index contributed by atoms with van der Waals surface area (Å²) in [5.74, 6) is 4.56. The van der Waals surface area contributed by atoms with Gasteiger partial charge in [0.1, 0.15) is 12.4 Å². The van der Waals surface area contributed by atoms with E-state index in [1.165, 1.54) is 23.9 Å². The van der Waals surface area contributed by atoms with Crippen molar-refractivity contribution in [1.82, 2.24) is 4.98 Å². The van der Waals surface area contributed by atoms with Crippen molar-refractivity contribution in [3.05, 3.63) is 70.1 Å². The van der Waals surface area contributed by atoms with Crippen molar-refractivity contribution in [2.75, 3.05) is 12.4 Å². The minimum absolute atomic E-state index is 0.0241. The topological polar surface area (TPSA) is 135 Å². The minimum atomic E-state index is -1.46. The number of aliphatic imine (C=N–C) groups is 1. The molecule has 1 aromatic carbocycles. The second kappa shape index (κ2) is 12.7. The Morgan fingerprint density at radius 3 is 2.74 bits per heavy atom. The molecule has 4 aliphatic rings. The van der Waals surface area contributed by atoms with Crippen molar-refractivity contribution in [3.8, 4) is 11.8 Å². The second-order valence-electron chi connectivity index (χ2n) is 13.1. The highest BCUT2D eigenvalue weighted by molar-refractivity contribution is 8.14. The quantitative estimate of drug-likeness (QED) is 0.278. The number of aliphatic hydroxyl groups excluding tert-OH is 2. The summed E-state index contributed by atoms with van der Waals surface area (Å²) in [4.78, 5) is 36.5. The van der Waals surface area contributed by atoms with E-state index in [2.05, 4.69) is 29.8 Å². The summed E-state index contributed by atoms with van der Waals surface area (Å²) in [7, 11) is 0. The fraction of sp³-hybridized carbons (Fsp3) is 0.486. The number of aromatic nitrogens is 1. The van der Waals surface area contributed by atoms with Crippen LogP contribution in [0, 0.1) is 46.2 Å². The maximum absolute atomic E-state index is 14.1. The Kier molecular flexibility index (Phi) is 9.02. The van der Waals surface area contributed by atoms with Gasteiger partial charge in [0, 0.05) is 17.0 Å². The van der Waals surface area contributed by atoms with E-state index < -0.39 is 28.5 Å². The molecule has 4 N–H and O–H groups in total. The summed E-state index contributed by atoms with van der Waals surface area (Å²) < 4.78 is 19.8. The third-order valence-electron chi connectivity index (χ3n) is 10.9. The van der Waals surface area contributed by atoms with Crippen molar-refractivity contribution in [2.24, 2.45) is 39.3 Å². The van der Waals surface area contributed by atoms with Crippen LogP contribution in [0.25, 0.3) is 0 Å². The number of rotatable bonds is 5. The van der Waals surface area contributed by atoms with E-state index in [0.29, 0.717) is 31.4 Å². The van der Waals surface area contributed by atoms with E-state index in [0.717, 1.165) is 47.2 Å². The highest BCUT2D eigenvalue weighted by atomic mass is 32.2. The molecule has 0 amide bonds. The van der Waals surface area contributed by atoms with Gasteiger partial charge in [0.05, 0.1) is 23.3 Å². The number of fused-ring (bicyclic) bond motifs is 5. The van der Waals surface area contributed by atoms with Crippen molar-refractivity contribution >= 4 is 45.6 Å². The molecule has 2 aromatic rings. The molecule has 3 saturated carbocycles. The van der Waals surface area contributed by atoms with Gasteiger partial charge in [-0.2, -0.15) is 0 Å². The van der Waals surface area contributed by atoms with Crippen molar-refractivity contribution in [3.63, 3.8) is 0 Å². The first kappa shape index (κ1) is 32.6. The first-order valence-electron chi connectivity index (χ1n) is 15.6. The van der Waals surface area contributed by atoms with Gasteiger partial charge in [0.25, 0.3) is 0 Å². The fourth-order valence-corrected chi connectivity index (χ4v) is 10.4. The SMILES string of the molecule is C[C@]12CC(=CN)C(=Nc3ccc(F)cc3)C=C1CC[C@@H]1[C@@H]2[C@@H](O)C[C@@]2(C)[C@H]1CC[C@]2(OC(=O)c1nccs1)C(=O)SCC#CCO. The van der Waals surface area contributed by atoms with Crippen LogP contribution in [-0.2, 0) is 9.53 Å². The van der Waals surface area contributed by atoms with Gasteiger partial charge in [0.15, 0.2) is 5.60 Å². The van der Waals surface area contributed by atoms with Gasteiger partial charge in [-0.25, -0.2) is 19.2 Å². The molecule has 3 fully saturated rings. The van der Waals surface area contributed by atoms with Crippen LogP contribution < -0.4 is 5.73 Å². The van der Waals surface area contributed by atoms with Gasteiger partial charge >= 0.3 is 5.97 Å². The number of nitrogens with two attached hydrogens (primary N) is 1. The van der Waals surface area contributed by atoms with Crippen LogP contribution in [0.3, 0.4) is 0 Å². The second-order valence-corrected chi connectivity index (χ2v) is 15.0. The number of esters is 1. The number of carbonyl (C=O) groups excluding carboxylic acids is 2. The summed E-state index contributed by atoms with van der Waals surface area (Å²) in [6, 6.07) is 6.04. The van der Waals surface area contributed by atoms with Gasteiger partial charge in [-0.1, -0.05) is 43.0 Å². The highest BCUT2D eigenvalue weighted by Gasteiger charge is 2.70. The first-order valence-corrected chi connectivity index (χ1v) is 17.4. The number of allylic oxidation sites excluding steroid dienone is 3. The van der Waals surface area contributed by atoms with E-state index in [1.807, 2.05) is 6.92 Å². The molecular weight excluding hydrogens is 626 g/mol. The number of halogens is 1. The zero-order chi connectivity index (χ0) is 32.7. The van der Waals surface area contributed by atoms with E-state index in [1.54, 1.807) is 23.7 Å². The monoisotopic (exact) mass is 663 g/mol. The van der Waals surface area contributed by atoms with Gasteiger partial charge in [-0.05, 0) is 104 Å². The van der Waals surface area contributed by atoms with E-state index in [9.17, 15) is 19.1 Å². The van der Waals surface area contributed by atoms with Gasteiger partial charge < -0.3 is 20.7 Å². The lowest BCUT2D eigenvalue weighted by atomic mass is 9.45. The molecule has 46 heavy (non-hydrogen) atoms. The number of nitrogens with zero attached hydrogens (tertiary/aromatic N) is 2. The molecule has 8 nitrogen and oxygen atoms in total. The molecule has 1 heterocycles. The molecule has 0 spiro atoms. The molecular formula is C35H38FN3O5S2. The average molecular weight is 664 g/mol. The van der Waals surface area contributed by atoms with Gasteiger partial charge in [0.2, 0.25) is 10.1 Å². The summed E-state index contributed by atoms with van der Waals surface area (Å²) >= 11 is 2.16. The summed E-state index contributed by atoms with van der Waals surface area (Å²) in [6.07, 6.45) is 7.95. The van der Waals surface area contributed by atoms with Crippen LogP contribution in [0.1, 0.15) is 62.2 Å². The number of hydrogen-bond acceptors (Lipinski definition) is 10. The fourth-order valence-electron chi connectivity index (χ4n) is 8.97. The third kappa shape index (κ3) is 5.43. The van der Waals surface area contributed by atoms with Crippen LogP contribution in [-0.4, -0.2) is 56.1 Å². The summed E-state index contributed by atoms with van der Waals surface area (Å²) in [6.45, 7) is 3.90. The number of ether oxygens (including phenoxy) is 1. The molecule has 1 aromatic heterocycles. The maximum Gasteiger partial charge on any atom is 0.368 e. The minimum Gasteiger partial charge on any atom is -0.444 e. The van der Waals surface area contributed by atoms with Crippen LogP contribution in [0.5, 0.6) is 0 Å². The van der Waals surface area contributed by atoms with Crippen LogP contribution in [0.2, 0.25) is 0 Å². The van der Waals surface area contributed by atoms with Crippen molar-refractivity contribution in [2.45, 2.75) is 64.1 Å². The largest absolute Gasteiger partial charge is 0.444 e. The Hall–Kier alpha value is -3.30. The summed E-state index contributed by atoms with van der Waals surface area (Å²) in [5.41, 5.74) is 6.95. The number of benzene rings is 1. The van der Waals surface area contributed by atoms with Crippen LogP contribution in [0.15, 0.2) is 64.3 Å². The van der Waals surface area contributed by atoms with Crippen molar-refractivity contribution < 1.29 is 28.9 Å². The molecule has 0 radical (unpaired) electrons. The van der Waals surface area contributed by atoms with Crippen LogP contribution in [0.4, 0.5) is 10.1 Å². The molecule has 6 rings (SSSR count). The Morgan fingerprint density at radius 2 is 2.04 bits per heavy atom. The van der Waals surface area contributed by atoms with Crippen LogP contribution >= 0.6 is 23.1 Å². The average Bonchev–Trinajstić information content (AvgIpc) is 3.67. The van der Waals surface area contributed by atoms with Gasteiger partial charge in [-0.15, -0.1) is 11.3 Å². The third-order valence-corrected chi connectivity index (χ3v) is 12.6. The molecule has 7 atom stereocenters. The molecule has 0 saturated heterocycles. The number of hydrogen-bond donors (Lipinski definition) is 3. The Bertz CT molecular complexity index is 1660. The standard InChI is InChI=1S/C35H38FN3O5S2/c1-33-18-21(20-37)27(39-24-8-6-23(36)7-9-24)17-22(33)5-10-25-26-11-12-35(32(43)46-15-4-3-14-40,34(26,2)19-28(41)29(25)33)44-31(42)30-38-13-16-45-30/h6-9,13,16-17,20,25-26,28-29,40-41H,5,10-12,14-15,18-19,37H2,1-2H3/t25-,26-,28-,29+,33-,34-,35-/m0/s1. The molecule has 242 valence electrons. The van der Waals surface area contributed by atoms with Crippen molar-refractivity contribution in [1.29, 1.82) is 0 Å². The number of thioether (sulfide) groups is 1. The lowest BCUT2D eigenvalue weighted by molar-refractivity contribution is -0.174. The zero-order valence-corrected chi connectivity index (χ0v) is 27.5. The summed E-state index contributed by atoms with van der Waals surface area (Å²) in [5, 5.41) is 22.8. The molecule has 0 bridgehead atoms. The number of thiazole rings is 1. The number of carbonyl (C=O) groups is 2. The Labute approximate surface area is 276 Å².